The molecule has 0 aliphatic carbocycles. The summed E-state index contributed by atoms with van der Waals surface area (Å²) in [6.45, 7) is 4.43. The fourth-order valence-corrected chi connectivity index (χ4v) is 1.73. The minimum Gasteiger partial charge on any atom is -0.396 e. The average Bonchev–Trinajstić information content (AvgIpc) is 2.12. The topological polar surface area (TPSA) is 78.4 Å². The molecule has 0 aromatic rings. The minimum atomic E-state index is -3.34. The van der Waals surface area contributed by atoms with Crippen LogP contribution in [-0.2, 0) is 10.2 Å². The lowest BCUT2D eigenvalue weighted by Gasteiger charge is -2.24. The fourth-order valence-electron chi connectivity index (χ4n) is 1.01. The Balaban J connectivity index is 3.98. The van der Waals surface area contributed by atoms with Gasteiger partial charge in [0.1, 0.15) is 0 Å². The molecular formula is C8H20N2O3S. The first-order valence-electron chi connectivity index (χ1n) is 4.62. The molecule has 0 heterocycles. The molecule has 0 fully saturated rings. The zero-order chi connectivity index (χ0) is 11.2. The molecule has 0 radical (unpaired) electrons. The van der Waals surface area contributed by atoms with Crippen molar-refractivity contribution in [2.75, 3.05) is 20.2 Å². The summed E-state index contributed by atoms with van der Waals surface area (Å²) < 4.78 is 26.7. The van der Waals surface area contributed by atoms with Crippen molar-refractivity contribution in [1.82, 2.24) is 9.44 Å². The molecule has 14 heavy (non-hydrogen) atoms. The van der Waals surface area contributed by atoms with Gasteiger partial charge in [0.25, 0.3) is 10.2 Å². The Hall–Kier alpha value is -0.170. The Labute approximate surface area is 86.1 Å². The maximum absolute atomic E-state index is 11.0. The average molecular weight is 224 g/mol. The first-order chi connectivity index (χ1) is 6.33. The summed E-state index contributed by atoms with van der Waals surface area (Å²) in [4.78, 5) is 0. The van der Waals surface area contributed by atoms with E-state index in [1.54, 1.807) is 0 Å². The molecule has 0 rings (SSSR count). The van der Waals surface area contributed by atoms with E-state index in [4.69, 9.17) is 5.11 Å². The molecule has 6 heteroatoms. The highest BCUT2D eigenvalue weighted by Crippen LogP contribution is 2.20. The molecular weight excluding hydrogens is 204 g/mol. The van der Waals surface area contributed by atoms with Crippen molar-refractivity contribution in [2.45, 2.75) is 26.7 Å². The van der Waals surface area contributed by atoms with Crippen LogP contribution in [0, 0.1) is 5.41 Å². The smallest absolute Gasteiger partial charge is 0.276 e. The molecule has 5 nitrogen and oxygen atoms in total. The largest absolute Gasteiger partial charge is 0.396 e. The second kappa shape index (κ2) is 5.65. The van der Waals surface area contributed by atoms with E-state index in [1.165, 1.54) is 7.05 Å². The highest BCUT2D eigenvalue weighted by atomic mass is 32.2. The lowest BCUT2D eigenvalue weighted by Crippen LogP contribution is -2.39. The van der Waals surface area contributed by atoms with Crippen molar-refractivity contribution in [3.8, 4) is 0 Å². The Kier molecular flexibility index (Phi) is 5.58. The standard InChI is InChI=1S/C8H20N2O3S/c1-8(2,5-4-6-11)7-10-14(12,13)9-3/h9-11H,4-7H2,1-3H3. The van der Waals surface area contributed by atoms with Crippen molar-refractivity contribution < 1.29 is 13.5 Å². The third kappa shape index (κ3) is 6.31. The Morgan fingerprint density at radius 3 is 2.36 bits per heavy atom. The second-order valence-electron chi connectivity index (χ2n) is 4.02. The second-order valence-corrected chi connectivity index (χ2v) is 5.72. The number of aliphatic hydroxyl groups excluding tert-OH is 1. The summed E-state index contributed by atoms with van der Waals surface area (Å²) in [5.41, 5.74) is -0.132. The van der Waals surface area contributed by atoms with Crippen LogP contribution in [0.5, 0.6) is 0 Å². The number of hydrogen-bond donors (Lipinski definition) is 3. The van der Waals surface area contributed by atoms with Gasteiger partial charge < -0.3 is 5.11 Å². The fraction of sp³-hybridized carbons (Fsp3) is 1.00. The van der Waals surface area contributed by atoms with E-state index in [1.807, 2.05) is 13.8 Å². The van der Waals surface area contributed by atoms with Gasteiger partial charge in [-0.1, -0.05) is 13.8 Å². The number of hydrogen-bond acceptors (Lipinski definition) is 3. The van der Waals surface area contributed by atoms with Gasteiger partial charge in [-0.3, -0.25) is 0 Å². The summed E-state index contributed by atoms with van der Waals surface area (Å²) in [5, 5.41) is 8.65. The van der Waals surface area contributed by atoms with Gasteiger partial charge >= 0.3 is 0 Å². The molecule has 0 bridgehead atoms. The normalized spacial score (nSPS) is 13.1. The lowest BCUT2D eigenvalue weighted by atomic mass is 9.88. The van der Waals surface area contributed by atoms with Gasteiger partial charge in [0.05, 0.1) is 0 Å². The minimum absolute atomic E-state index is 0.132. The van der Waals surface area contributed by atoms with Crippen LogP contribution in [0.3, 0.4) is 0 Å². The molecule has 3 N–H and O–H groups in total. The molecule has 86 valence electrons. The van der Waals surface area contributed by atoms with Crippen LogP contribution >= 0.6 is 0 Å². The van der Waals surface area contributed by atoms with Crippen LogP contribution in [0.15, 0.2) is 0 Å². The van der Waals surface area contributed by atoms with Crippen LogP contribution in [0.1, 0.15) is 26.7 Å². The highest BCUT2D eigenvalue weighted by molar-refractivity contribution is 7.87. The molecule has 0 unspecified atom stereocenters. The quantitative estimate of drug-likeness (QED) is 0.562. The third-order valence-electron chi connectivity index (χ3n) is 2.02. The SMILES string of the molecule is CNS(=O)(=O)NCC(C)(C)CCCO. The van der Waals surface area contributed by atoms with E-state index in [0.29, 0.717) is 13.0 Å². The Morgan fingerprint density at radius 2 is 1.93 bits per heavy atom. The third-order valence-corrected chi connectivity index (χ3v) is 3.08. The van der Waals surface area contributed by atoms with E-state index >= 15 is 0 Å². The maximum Gasteiger partial charge on any atom is 0.276 e. The molecule has 0 aliphatic rings. The van der Waals surface area contributed by atoms with E-state index < -0.39 is 10.2 Å². The molecule has 0 amide bonds. The van der Waals surface area contributed by atoms with Crippen LogP contribution in [0.2, 0.25) is 0 Å². The van der Waals surface area contributed by atoms with Crippen LogP contribution in [-0.4, -0.2) is 33.7 Å². The van der Waals surface area contributed by atoms with Crippen molar-refractivity contribution in [2.24, 2.45) is 5.41 Å². The summed E-state index contributed by atoms with van der Waals surface area (Å²) in [5.74, 6) is 0. The first-order valence-corrected chi connectivity index (χ1v) is 6.10. The van der Waals surface area contributed by atoms with Gasteiger partial charge in [-0.15, -0.1) is 0 Å². The van der Waals surface area contributed by atoms with Gasteiger partial charge in [0, 0.05) is 20.2 Å². The van der Waals surface area contributed by atoms with Crippen molar-refractivity contribution in [3.63, 3.8) is 0 Å². The molecule has 0 spiro atoms. The zero-order valence-electron chi connectivity index (χ0n) is 9.00. The van der Waals surface area contributed by atoms with Gasteiger partial charge in [-0.2, -0.15) is 8.42 Å². The van der Waals surface area contributed by atoms with E-state index in [0.717, 1.165) is 6.42 Å². The predicted molar refractivity (Wildman–Crippen MR) is 56.1 cm³/mol. The number of rotatable bonds is 7. The molecule has 0 saturated carbocycles. The highest BCUT2D eigenvalue weighted by Gasteiger charge is 2.19. The Morgan fingerprint density at radius 1 is 1.36 bits per heavy atom. The van der Waals surface area contributed by atoms with Crippen LogP contribution in [0.25, 0.3) is 0 Å². The van der Waals surface area contributed by atoms with E-state index in [2.05, 4.69) is 9.44 Å². The number of nitrogens with one attached hydrogen (secondary N) is 2. The monoisotopic (exact) mass is 224 g/mol. The van der Waals surface area contributed by atoms with Crippen molar-refractivity contribution in [1.29, 1.82) is 0 Å². The first kappa shape index (κ1) is 13.8. The Bertz CT molecular complexity index is 249. The van der Waals surface area contributed by atoms with Crippen LogP contribution in [0.4, 0.5) is 0 Å². The molecule has 0 saturated heterocycles. The van der Waals surface area contributed by atoms with Crippen molar-refractivity contribution >= 4 is 10.2 Å². The van der Waals surface area contributed by atoms with Crippen molar-refractivity contribution in [3.05, 3.63) is 0 Å². The lowest BCUT2D eigenvalue weighted by molar-refractivity contribution is 0.242. The summed E-state index contributed by atoms with van der Waals surface area (Å²) in [7, 11) is -1.98. The molecule has 0 aromatic carbocycles. The summed E-state index contributed by atoms with van der Waals surface area (Å²) >= 11 is 0. The van der Waals surface area contributed by atoms with E-state index in [-0.39, 0.29) is 12.0 Å². The predicted octanol–water partition coefficient (Wildman–Crippen LogP) is -0.161. The molecule has 0 aliphatic heterocycles. The van der Waals surface area contributed by atoms with Crippen LogP contribution < -0.4 is 9.44 Å². The zero-order valence-corrected chi connectivity index (χ0v) is 9.82. The van der Waals surface area contributed by atoms with Gasteiger partial charge in [-0.25, -0.2) is 9.44 Å². The van der Waals surface area contributed by atoms with Gasteiger partial charge in [-0.05, 0) is 18.3 Å². The van der Waals surface area contributed by atoms with E-state index in [9.17, 15) is 8.42 Å². The molecule has 0 aromatic heterocycles. The summed E-state index contributed by atoms with van der Waals surface area (Å²) in [6, 6.07) is 0. The molecule has 0 atom stereocenters. The van der Waals surface area contributed by atoms with Gasteiger partial charge in [0.2, 0.25) is 0 Å². The summed E-state index contributed by atoms with van der Waals surface area (Å²) in [6.07, 6.45) is 1.48. The maximum atomic E-state index is 11.0. The van der Waals surface area contributed by atoms with Gasteiger partial charge in [0.15, 0.2) is 0 Å². The number of aliphatic hydroxyl groups is 1.